The maximum absolute atomic E-state index is 12.1. The molecule has 1 aromatic carbocycles. The van der Waals surface area contributed by atoms with Crippen LogP contribution in [-0.4, -0.2) is 35.6 Å². The lowest BCUT2D eigenvalue weighted by Gasteiger charge is -2.28. The van der Waals surface area contributed by atoms with Crippen LogP contribution in [0, 0.1) is 17.8 Å². The molecule has 0 unspecified atom stereocenters. The number of hydrogen-bond donors (Lipinski definition) is 2. The van der Waals surface area contributed by atoms with E-state index in [0.717, 1.165) is 24.6 Å². The van der Waals surface area contributed by atoms with Gasteiger partial charge in [0, 0.05) is 18.8 Å². The van der Waals surface area contributed by atoms with Crippen molar-refractivity contribution in [1.29, 1.82) is 0 Å². The second-order valence-electron chi connectivity index (χ2n) is 8.85. The van der Waals surface area contributed by atoms with Gasteiger partial charge in [0.05, 0.1) is 12.2 Å². The van der Waals surface area contributed by atoms with Gasteiger partial charge in [-0.15, -0.1) is 0 Å². The highest BCUT2D eigenvalue weighted by Gasteiger charge is 2.18. The maximum atomic E-state index is 12.1. The summed E-state index contributed by atoms with van der Waals surface area (Å²) in [6.45, 7) is 14.9. The van der Waals surface area contributed by atoms with E-state index in [2.05, 4.69) is 47.9 Å². The van der Waals surface area contributed by atoms with Gasteiger partial charge in [-0.3, -0.25) is 0 Å². The van der Waals surface area contributed by atoms with Crippen molar-refractivity contribution in [3.05, 3.63) is 36.2 Å². The second kappa shape index (κ2) is 10.8. The van der Waals surface area contributed by atoms with E-state index in [1.807, 2.05) is 26.0 Å². The minimum Gasteiger partial charge on any atom is -0.462 e. The molecule has 0 saturated heterocycles. The summed E-state index contributed by atoms with van der Waals surface area (Å²) in [5, 5.41) is 3.24. The SMILES string of the molecule is CC(C)COC(=O)c1ccc(Nc2ncnc(N(CC(C)C)CC(C)C)c2N)cc1. The number of esters is 1. The lowest BCUT2D eigenvalue weighted by atomic mass is 10.1. The Balaban J connectivity index is 2.17. The van der Waals surface area contributed by atoms with E-state index in [4.69, 9.17) is 10.5 Å². The van der Waals surface area contributed by atoms with Crippen LogP contribution in [0.5, 0.6) is 0 Å². The fraction of sp³-hybridized carbons (Fsp3) is 0.522. The molecule has 30 heavy (non-hydrogen) atoms. The van der Waals surface area contributed by atoms with E-state index >= 15 is 0 Å². The number of carbonyl (C=O) groups excluding carboxylic acids is 1. The molecule has 2 rings (SSSR count). The molecule has 0 amide bonds. The molecule has 2 aromatic rings. The number of hydrogen-bond acceptors (Lipinski definition) is 7. The molecule has 0 radical (unpaired) electrons. The first-order valence-corrected chi connectivity index (χ1v) is 10.6. The van der Waals surface area contributed by atoms with Crippen LogP contribution < -0.4 is 16.0 Å². The molecule has 1 heterocycles. The molecule has 3 N–H and O–H groups in total. The van der Waals surface area contributed by atoms with Crippen molar-refractivity contribution in [1.82, 2.24) is 9.97 Å². The number of anilines is 4. The van der Waals surface area contributed by atoms with Crippen LogP contribution in [0.25, 0.3) is 0 Å². The van der Waals surface area contributed by atoms with E-state index < -0.39 is 0 Å². The minimum absolute atomic E-state index is 0.302. The summed E-state index contributed by atoms with van der Waals surface area (Å²) in [6.07, 6.45) is 1.53. The molecule has 0 aliphatic heterocycles. The number of nitrogens with two attached hydrogens (primary N) is 1. The quantitative estimate of drug-likeness (QED) is 0.544. The number of nitrogens with one attached hydrogen (secondary N) is 1. The molecule has 0 fully saturated rings. The van der Waals surface area contributed by atoms with Gasteiger partial charge in [-0.05, 0) is 42.0 Å². The standard InChI is InChI=1S/C23H35N5O2/c1-15(2)11-28(12-16(3)4)22-20(24)21(25-14-26-22)27-19-9-7-18(8-10-19)23(29)30-13-17(5)6/h7-10,14-17H,11-13,24H2,1-6H3,(H,25,26,27). The summed E-state index contributed by atoms with van der Waals surface area (Å²) in [7, 11) is 0. The number of nitrogen functional groups attached to an aromatic ring is 1. The predicted octanol–water partition coefficient (Wildman–Crippen LogP) is 4.73. The smallest absolute Gasteiger partial charge is 0.338 e. The van der Waals surface area contributed by atoms with Gasteiger partial charge in [-0.25, -0.2) is 14.8 Å². The maximum Gasteiger partial charge on any atom is 0.338 e. The Bertz CT molecular complexity index is 809. The lowest BCUT2D eigenvalue weighted by Crippen LogP contribution is -2.32. The monoisotopic (exact) mass is 413 g/mol. The van der Waals surface area contributed by atoms with Crippen molar-refractivity contribution >= 4 is 29.0 Å². The molecule has 0 saturated carbocycles. The molecule has 7 nitrogen and oxygen atoms in total. The van der Waals surface area contributed by atoms with Gasteiger partial charge in [0.1, 0.15) is 12.0 Å². The Hall–Kier alpha value is -2.83. The van der Waals surface area contributed by atoms with Crippen LogP contribution in [0.3, 0.4) is 0 Å². The summed E-state index contributed by atoms with van der Waals surface area (Å²) in [4.78, 5) is 23.1. The minimum atomic E-state index is -0.322. The van der Waals surface area contributed by atoms with Crippen molar-refractivity contribution in [2.24, 2.45) is 17.8 Å². The summed E-state index contributed by atoms with van der Waals surface area (Å²) in [5.74, 6) is 2.24. The van der Waals surface area contributed by atoms with Gasteiger partial charge < -0.3 is 20.7 Å². The van der Waals surface area contributed by atoms with Crippen molar-refractivity contribution in [3.8, 4) is 0 Å². The molecule has 0 spiro atoms. The van der Waals surface area contributed by atoms with Gasteiger partial charge in [0.15, 0.2) is 11.6 Å². The van der Waals surface area contributed by atoms with Gasteiger partial charge >= 0.3 is 5.97 Å². The lowest BCUT2D eigenvalue weighted by molar-refractivity contribution is 0.0459. The molecule has 0 aliphatic carbocycles. The summed E-state index contributed by atoms with van der Waals surface area (Å²) in [5.41, 5.74) is 8.23. The molecule has 1 aromatic heterocycles. The molecular formula is C23H35N5O2. The third-order valence-electron chi connectivity index (χ3n) is 4.26. The largest absolute Gasteiger partial charge is 0.462 e. The number of nitrogens with zero attached hydrogens (tertiary/aromatic N) is 3. The first-order chi connectivity index (χ1) is 14.2. The Labute approximate surface area is 180 Å². The van der Waals surface area contributed by atoms with Crippen LogP contribution in [0.2, 0.25) is 0 Å². The zero-order valence-electron chi connectivity index (χ0n) is 19.0. The molecule has 0 bridgehead atoms. The third-order valence-corrected chi connectivity index (χ3v) is 4.26. The zero-order chi connectivity index (χ0) is 22.3. The highest BCUT2D eigenvalue weighted by atomic mass is 16.5. The Morgan fingerprint density at radius 1 is 1.00 bits per heavy atom. The summed E-state index contributed by atoms with van der Waals surface area (Å²) < 4.78 is 5.27. The number of benzene rings is 1. The zero-order valence-corrected chi connectivity index (χ0v) is 19.0. The Morgan fingerprint density at radius 2 is 1.60 bits per heavy atom. The van der Waals surface area contributed by atoms with Crippen molar-refractivity contribution in [2.75, 3.05) is 35.6 Å². The normalized spacial score (nSPS) is 11.2. The van der Waals surface area contributed by atoms with E-state index in [-0.39, 0.29) is 5.97 Å². The second-order valence-corrected chi connectivity index (χ2v) is 8.85. The first-order valence-electron chi connectivity index (χ1n) is 10.6. The number of aromatic nitrogens is 2. The topological polar surface area (TPSA) is 93.4 Å². The van der Waals surface area contributed by atoms with E-state index in [9.17, 15) is 4.79 Å². The van der Waals surface area contributed by atoms with Gasteiger partial charge in [0.25, 0.3) is 0 Å². The third kappa shape index (κ3) is 6.90. The van der Waals surface area contributed by atoms with E-state index in [0.29, 0.717) is 41.4 Å². The van der Waals surface area contributed by atoms with Gasteiger partial charge in [0.2, 0.25) is 0 Å². The van der Waals surface area contributed by atoms with Crippen LogP contribution in [0.4, 0.5) is 23.0 Å². The molecule has 0 atom stereocenters. The van der Waals surface area contributed by atoms with Crippen LogP contribution in [0.15, 0.2) is 30.6 Å². The highest BCUT2D eigenvalue weighted by Crippen LogP contribution is 2.29. The van der Waals surface area contributed by atoms with Crippen molar-refractivity contribution < 1.29 is 9.53 Å². The Kier molecular flexibility index (Phi) is 8.45. The average Bonchev–Trinajstić information content (AvgIpc) is 2.67. The number of ether oxygens (including phenoxy) is 1. The summed E-state index contributed by atoms with van der Waals surface area (Å²) >= 11 is 0. The van der Waals surface area contributed by atoms with Crippen LogP contribution in [0.1, 0.15) is 51.9 Å². The highest BCUT2D eigenvalue weighted by molar-refractivity contribution is 5.90. The van der Waals surface area contributed by atoms with Crippen LogP contribution >= 0.6 is 0 Å². The molecular weight excluding hydrogens is 378 g/mol. The molecule has 7 heteroatoms. The summed E-state index contributed by atoms with van der Waals surface area (Å²) in [6, 6.07) is 7.08. The van der Waals surface area contributed by atoms with Gasteiger partial charge in [-0.2, -0.15) is 0 Å². The van der Waals surface area contributed by atoms with E-state index in [1.54, 1.807) is 12.1 Å². The van der Waals surface area contributed by atoms with Gasteiger partial charge in [-0.1, -0.05) is 41.5 Å². The van der Waals surface area contributed by atoms with Crippen molar-refractivity contribution in [2.45, 2.75) is 41.5 Å². The Morgan fingerprint density at radius 3 is 2.13 bits per heavy atom. The van der Waals surface area contributed by atoms with Crippen molar-refractivity contribution in [3.63, 3.8) is 0 Å². The van der Waals surface area contributed by atoms with E-state index in [1.165, 1.54) is 6.33 Å². The number of carbonyl (C=O) groups is 1. The number of rotatable bonds is 10. The average molecular weight is 414 g/mol. The van der Waals surface area contributed by atoms with Crippen LogP contribution in [-0.2, 0) is 4.74 Å². The molecule has 164 valence electrons. The predicted molar refractivity (Wildman–Crippen MR) is 123 cm³/mol. The molecule has 0 aliphatic rings. The fourth-order valence-corrected chi connectivity index (χ4v) is 3.02. The fourth-order valence-electron chi connectivity index (χ4n) is 3.02. The first kappa shape index (κ1) is 23.4.